The molecule has 2 aliphatic heterocycles. The number of nitrogens with zero attached hydrogens (tertiary/aromatic N) is 2. The summed E-state index contributed by atoms with van der Waals surface area (Å²) in [4.78, 5) is 0. The van der Waals surface area contributed by atoms with Crippen LogP contribution < -0.4 is 10.9 Å². The summed E-state index contributed by atoms with van der Waals surface area (Å²) in [5.41, 5.74) is 16.9. The minimum absolute atomic E-state index is 0.101. The summed E-state index contributed by atoms with van der Waals surface area (Å²) in [5.74, 6) is 1.80. The number of benzene rings is 6. The van der Waals surface area contributed by atoms with E-state index in [1.54, 1.807) is 11.1 Å². The fraction of sp³-hybridized carbons (Fsp3) is 0.333. The summed E-state index contributed by atoms with van der Waals surface area (Å²) in [5, 5.41) is 8.53. The van der Waals surface area contributed by atoms with Crippen molar-refractivity contribution in [1.82, 2.24) is 9.05 Å². The molecule has 9 aromatic rings. The number of para-hydroxylation sites is 1. The van der Waals surface area contributed by atoms with Gasteiger partial charge in [-0.05, 0) is 131 Å². The number of aromatic nitrogens is 2. The quantitative estimate of drug-likeness (QED) is 0.155. The van der Waals surface area contributed by atoms with Gasteiger partial charge in [-0.1, -0.05) is 118 Å². The standard InChI is InChI=1S/C54H47BN2S/c1-2-15-37-34(14-1)26-41-43-29-36(54-24-8-12-33(31-54)13-9-25-54)28-42-40-27-35(53-22-6-10-32(30-53)11-7-23-53)20-21-45(40)57(48(42)43)55-44-18-5-17-39-49(44)56(50(37)47(41)55)51-38-16-3-4-19-46(38)58-52(39)51/h1-5,14-21,26-29,32-33H,6-13,22-25,30-31H2. The van der Waals surface area contributed by atoms with E-state index in [-0.39, 0.29) is 6.85 Å². The van der Waals surface area contributed by atoms with Gasteiger partial charge in [-0.25, -0.2) is 0 Å². The van der Waals surface area contributed by atoms with Gasteiger partial charge in [-0.15, -0.1) is 11.3 Å². The van der Waals surface area contributed by atoms with Gasteiger partial charge in [-0.3, -0.25) is 0 Å². The fourth-order valence-electron chi connectivity index (χ4n) is 15.0. The summed E-state index contributed by atoms with van der Waals surface area (Å²) in [6.45, 7) is 0.101. The maximum Gasteiger partial charge on any atom is 0.333 e. The van der Waals surface area contributed by atoms with Crippen LogP contribution in [0.4, 0.5) is 0 Å². The van der Waals surface area contributed by atoms with Crippen LogP contribution in [0.2, 0.25) is 0 Å². The summed E-state index contributed by atoms with van der Waals surface area (Å²) in [7, 11) is 0. The van der Waals surface area contributed by atoms with E-state index in [0.29, 0.717) is 10.8 Å². The first-order valence-electron chi connectivity index (χ1n) is 22.8. The second-order valence-electron chi connectivity index (χ2n) is 20.0. The van der Waals surface area contributed by atoms with Crippen LogP contribution in [0.25, 0.3) is 80.6 Å². The minimum atomic E-state index is 0.101. The predicted octanol–water partition coefficient (Wildman–Crippen LogP) is 13.4. The highest BCUT2D eigenvalue weighted by Crippen LogP contribution is 2.55. The molecule has 282 valence electrons. The lowest BCUT2D eigenvalue weighted by molar-refractivity contribution is 0.149. The number of rotatable bonds is 2. The van der Waals surface area contributed by atoms with Crippen molar-refractivity contribution in [1.29, 1.82) is 0 Å². The molecule has 0 atom stereocenters. The number of fused-ring (bicyclic) bond motifs is 18. The molecule has 58 heavy (non-hydrogen) atoms. The van der Waals surface area contributed by atoms with E-state index in [4.69, 9.17) is 0 Å². The van der Waals surface area contributed by atoms with E-state index in [0.717, 1.165) is 11.8 Å². The van der Waals surface area contributed by atoms with Crippen molar-refractivity contribution in [3.8, 4) is 16.8 Å². The van der Waals surface area contributed by atoms with Crippen LogP contribution in [0.5, 0.6) is 0 Å². The lowest BCUT2D eigenvalue weighted by atomic mass is 9.45. The number of hydrogen-bond donors (Lipinski definition) is 0. The van der Waals surface area contributed by atoms with Gasteiger partial charge < -0.3 is 9.05 Å². The monoisotopic (exact) mass is 766 g/mol. The maximum atomic E-state index is 2.86. The van der Waals surface area contributed by atoms with Gasteiger partial charge in [-0.2, -0.15) is 0 Å². The van der Waals surface area contributed by atoms with E-state index in [9.17, 15) is 0 Å². The molecule has 4 fully saturated rings. The Morgan fingerprint density at radius 3 is 2.03 bits per heavy atom. The Kier molecular flexibility index (Phi) is 6.13. The molecular formula is C54H47BN2S. The van der Waals surface area contributed by atoms with Crippen molar-refractivity contribution in [3.05, 3.63) is 114 Å². The third-order valence-electron chi connectivity index (χ3n) is 17.3. The first-order chi connectivity index (χ1) is 28.7. The molecule has 0 N–H and O–H groups in total. The normalized spacial score (nSPS) is 25.8. The average Bonchev–Trinajstić information content (AvgIpc) is 3.91. The van der Waals surface area contributed by atoms with Crippen LogP contribution in [-0.4, -0.2) is 15.9 Å². The summed E-state index contributed by atoms with van der Waals surface area (Å²) >= 11 is 1.98. The Hall–Kier alpha value is -4.80. The van der Waals surface area contributed by atoms with E-state index >= 15 is 0 Å². The van der Waals surface area contributed by atoms with Crippen molar-refractivity contribution in [2.24, 2.45) is 11.8 Å². The summed E-state index contributed by atoms with van der Waals surface area (Å²) in [6.07, 6.45) is 19.5. The van der Waals surface area contributed by atoms with E-state index in [1.807, 2.05) is 11.3 Å². The van der Waals surface area contributed by atoms with Gasteiger partial charge in [0.1, 0.15) is 0 Å². The van der Waals surface area contributed by atoms with Crippen molar-refractivity contribution >= 4 is 92.9 Å². The molecule has 4 bridgehead atoms. The smallest absolute Gasteiger partial charge is 0.333 e. The minimum Gasteiger partial charge on any atom is -0.375 e. The Balaban J connectivity index is 1.11. The predicted molar refractivity (Wildman–Crippen MR) is 248 cm³/mol. The highest BCUT2D eigenvalue weighted by molar-refractivity contribution is 7.26. The molecular weight excluding hydrogens is 719 g/mol. The molecule has 3 aromatic heterocycles. The lowest BCUT2D eigenvalue weighted by Gasteiger charge is -2.46. The van der Waals surface area contributed by atoms with Gasteiger partial charge in [0.25, 0.3) is 0 Å². The molecule has 5 heterocycles. The molecule has 6 aromatic carbocycles. The Morgan fingerprint density at radius 2 is 1.24 bits per heavy atom. The summed E-state index contributed by atoms with van der Waals surface area (Å²) in [6, 6.07) is 41.8. The number of thiophene rings is 1. The zero-order valence-electron chi connectivity index (χ0n) is 33.2. The van der Waals surface area contributed by atoms with Gasteiger partial charge in [0, 0.05) is 48.2 Å². The zero-order chi connectivity index (χ0) is 37.5. The molecule has 0 spiro atoms. The fourth-order valence-corrected chi connectivity index (χ4v) is 16.2. The van der Waals surface area contributed by atoms with Crippen LogP contribution in [0.3, 0.4) is 0 Å². The van der Waals surface area contributed by atoms with E-state index < -0.39 is 0 Å². The maximum absolute atomic E-state index is 2.86. The first-order valence-corrected chi connectivity index (χ1v) is 23.6. The van der Waals surface area contributed by atoms with Crippen LogP contribution in [0, 0.1) is 11.8 Å². The van der Waals surface area contributed by atoms with Gasteiger partial charge in [0.15, 0.2) is 0 Å². The Labute approximate surface area is 343 Å². The van der Waals surface area contributed by atoms with Crippen molar-refractivity contribution in [2.45, 2.75) is 101 Å². The third-order valence-corrected chi connectivity index (χ3v) is 18.5. The molecule has 0 amide bonds. The molecule has 4 aliphatic carbocycles. The van der Waals surface area contributed by atoms with Crippen molar-refractivity contribution in [2.75, 3.05) is 0 Å². The van der Waals surface area contributed by atoms with E-state index in [2.05, 4.69) is 112 Å². The van der Waals surface area contributed by atoms with Crippen LogP contribution in [0.15, 0.2) is 103 Å². The largest absolute Gasteiger partial charge is 0.375 e. The summed E-state index contributed by atoms with van der Waals surface area (Å²) < 4.78 is 8.39. The molecule has 0 radical (unpaired) electrons. The second-order valence-corrected chi connectivity index (χ2v) is 21.0. The number of hydrogen-bond acceptors (Lipinski definition) is 1. The van der Waals surface area contributed by atoms with Crippen molar-refractivity contribution in [3.63, 3.8) is 0 Å². The molecule has 15 rings (SSSR count). The molecule has 0 saturated heterocycles. The average molecular weight is 767 g/mol. The Morgan fingerprint density at radius 1 is 0.552 bits per heavy atom. The van der Waals surface area contributed by atoms with Crippen LogP contribution in [0.1, 0.15) is 101 Å². The van der Waals surface area contributed by atoms with Gasteiger partial charge in [0.2, 0.25) is 0 Å². The highest BCUT2D eigenvalue weighted by Gasteiger charge is 2.46. The van der Waals surface area contributed by atoms with Crippen LogP contribution >= 0.6 is 11.3 Å². The van der Waals surface area contributed by atoms with Crippen LogP contribution in [-0.2, 0) is 10.8 Å². The highest BCUT2D eigenvalue weighted by atomic mass is 32.1. The van der Waals surface area contributed by atoms with Gasteiger partial charge in [0.05, 0.1) is 21.4 Å². The SMILES string of the molecule is c1ccc2c3c4c(cc2c1)-c1cc(C25CCCC(CCC2)C5)cc2c5cc(C67CCCC(CCC6)C7)ccc5n(c12)B4c1cccc2c4sc5ccccc5c4n-3c12. The third kappa shape index (κ3) is 3.89. The molecule has 4 saturated carbocycles. The van der Waals surface area contributed by atoms with E-state index in [1.165, 1.54) is 181 Å². The second kappa shape index (κ2) is 11.1. The topological polar surface area (TPSA) is 9.86 Å². The molecule has 6 aliphatic rings. The van der Waals surface area contributed by atoms with Crippen molar-refractivity contribution < 1.29 is 0 Å². The molecule has 4 heteroatoms. The Bertz CT molecular complexity index is 3280. The first kappa shape index (κ1) is 32.1. The molecule has 2 nitrogen and oxygen atoms in total. The molecule has 0 unspecified atom stereocenters. The van der Waals surface area contributed by atoms with Gasteiger partial charge >= 0.3 is 6.85 Å². The lowest BCUT2D eigenvalue weighted by Crippen LogP contribution is -2.55. The zero-order valence-corrected chi connectivity index (χ0v) is 34.1.